The molecule has 0 bridgehead atoms. The molecule has 2 fully saturated rings. The zero-order chi connectivity index (χ0) is 9.97. The molecule has 1 amide bonds. The number of hydrogen-bond donors (Lipinski definition) is 0. The van der Waals surface area contributed by atoms with Gasteiger partial charge in [0.1, 0.15) is 6.61 Å². The van der Waals surface area contributed by atoms with Gasteiger partial charge < -0.3 is 4.74 Å². The predicted octanol–water partition coefficient (Wildman–Crippen LogP) is 2.45. The van der Waals surface area contributed by atoms with Gasteiger partial charge in [0.15, 0.2) is 0 Å². The van der Waals surface area contributed by atoms with Crippen molar-refractivity contribution in [3.05, 3.63) is 23.9 Å². The van der Waals surface area contributed by atoms with Crippen LogP contribution < -0.4 is 0 Å². The fourth-order valence-corrected chi connectivity index (χ4v) is 1.86. The first-order valence-electron chi connectivity index (χ1n) is 5.09. The van der Waals surface area contributed by atoms with Crippen molar-refractivity contribution in [2.45, 2.75) is 25.7 Å². The van der Waals surface area contributed by atoms with Crippen LogP contribution in [0, 0.1) is 0 Å². The Morgan fingerprint density at radius 1 is 1.36 bits per heavy atom. The lowest BCUT2D eigenvalue weighted by Crippen LogP contribution is -2.18. The van der Waals surface area contributed by atoms with Crippen LogP contribution in [0.3, 0.4) is 0 Å². The van der Waals surface area contributed by atoms with Crippen molar-refractivity contribution in [2.75, 3.05) is 13.2 Å². The molecule has 0 unspecified atom stereocenters. The molecule has 1 saturated heterocycles. The number of rotatable bonds is 1. The Kier molecular flexibility index (Phi) is 2.57. The molecular weight excluding hydrogens is 178 g/mol. The van der Waals surface area contributed by atoms with E-state index >= 15 is 0 Å². The van der Waals surface area contributed by atoms with E-state index in [9.17, 15) is 4.79 Å². The maximum Gasteiger partial charge on any atom is 0.413 e. The number of cyclic esters (lactones) is 1. The molecule has 3 heteroatoms. The molecule has 1 heterocycles. The zero-order valence-electron chi connectivity index (χ0n) is 8.29. The average molecular weight is 193 g/mol. The van der Waals surface area contributed by atoms with Crippen LogP contribution in [0.4, 0.5) is 4.79 Å². The molecule has 0 radical (unpaired) electrons. The van der Waals surface area contributed by atoms with Gasteiger partial charge in [0.25, 0.3) is 0 Å². The summed E-state index contributed by atoms with van der Waals surface area (Å²) in [5.41, 5.74) is 2.39. The van der Waals surface area contributed by atoms with E-state index in [1.807, 2.05) is 6.20 Å². The van der Waals surface area contributed by atoms with E-state index in [-0.39, 0.29) is 6.09 Å². The summed E-state index contributed by atoms with van der Waals surface area (Å²) in [6, 6.07) is 0. The highest BCUT2D eigenvalue weighted by atomic mass is 16.6. The van der Waals surface area contributed by atoms with Crippen LogP contribution in [-0.4, -0.2) is 24.1 Å². The first-order valence-corrected chi connectivity index (χ1v) is 5.09. The maximum absolute atomic E-state index is 11.2. The van der Waals surface area contributed by atoms with Crippen molar-refractivity contribution in [3.8, 4) is 0 Å². The smallest absolute Gasteiger partial charge is 0.413 e. The minimum absolute atomic E-state index is 0.226. The fraction of sp³-hybridized carbons (Fsp3) is 0.545. The van der Waals surface area contributed by atoms with Gasteiger partial charge in [-0.2, -0.15) is 0 Å². The third-order valence-electron chi connectivity index (χ3n) is 2.73. The molecule has 0 aromatic heterocycles. The number of hydrogen-bond acceptors (Lipinski definition) is 2. The van der Waals surface area contributed by atoms with Crippen LogP contribution in [0.1, 0.15) is 25.7 Å². The summed E-state index contributed by atoms with van der Waals surface area (Å²) in [5, 5.41) is 0. The summed E-state index contributed by atoms with van der Waals surface area (Å²) < 4.78 is 4.85. The number of nitrogens with zero attached hydrogens (tertiary/aromatic N) is 1. The molecule has 0 spiro atoms. The molecular formula is C11H15NO2. The second kappa shape index (κ2) is 3.86. The molecule has 1 aliphatic carbocycles. The van der Waals surface area contributed by atoms with Crippen LogP contribution in [0.5, 0.6) is 0 Å². The number of amides is 1. The molecule has 0 N–H and O–H groups in total. The Balaban J connectivity index is 2.08. The van der Waals surface area contributed by atoms with Gasteiger partial charge in [-0.3, -0.25) is 4.90 Å². The van der Waals surface area contributed by atoms with Crippen molar-refractivity contribution in [1.29, 1.82) is 0 Å². The van der Waals surface area contributed by atoms with Crippen LogP contribution in [0.25, 0.3) is 0 Å². The van der Waals surface area contributed by atoms with Gasteiger partial charge in [-0.05, 0) is 31.3 Å². The fourth-order valence-electron chi connectivity index (χ4n) is 1.86. The van der Waals surface area contributed by atoms with Crippen LogP contribution >= 0.6 is 0 Å². The van der Waals surface area contributed by atoms with Gasteiger partial charge >= 0.3 is 6.09 Å². The second-order valence-electron chi connectivity index (χ2n) is 3.77. The Morgan fingerprint density at radius 2 is 2.14 bits per heavy atom. The van der Waals surface area contributed by atoms with Crippen LogP contribution in [0.2, 0.25) is 0 Å². The number of ether oxygens (including phenoxy) is 1. The van der Waals surface area contributed by atoms with E-state index in [0.29, 0.717) is 13.2 Å². The molecule has 0 aromatic carbocycles. The molecule has 76 valence electrons. The minimum atomic E-state index is -0.226. The summed E-state index contributed by atoms with van der Waals surface area (Å²) >= 11 is 0. The molecule has 3 nitrogen and oxygen atoms in total. The highest BCUT2D eigenvalue weighted by molar-refractivity contribution is 5.70. The van der Waals surface area contributed by atoms with E-state index in [0.717, 1.165) is 12.8 Å². The number of carbonyl (C=O) groups excluding carboxylic acids is 1. The third kappa shape index (κ3) is 1.81. The summed E-state index contributed by atoms with van der Waals surface area (Å²) in [6.07, 6.45) is 6.22. The monoisotopic (exact) mass is 193 g/mol. The summed E-state index contributed by atoms with van der Waals surface area (Å²) in [5.74, 6) is 0. The lowest BCUT2D eigenvalue weighted by molar-refractivity contribution is 0.166. The number of carbonyl (C=O) groups is 1. The van der Waals surface area contributed by atoms with Gasteiger partial charge in [-0.1, -0.05) is 12.2 Å². The highest BCUT2D eigenvalue weighted by Crippen LogP contribution is 2.27. The standard InChI is InChI=1S/C11H15NO2/c1-9-4-2-3-5-10(9)8-12-6-7-14-11(12)13/h8H,1-7H2/b10-8-. The van der Waals surface area contributed by atoms with Crippen LogP contribution in [0.15, 0.2) is 23.9 Å². The second-order valence-corrected chi connectivity index (χ2v) is 3.77. The molecule has 0 aromatic rings. The van der Waals surface area contributed by atoms with Gasteiger partial charge in [0.2, 0.25) is 0 Å². The van der Waals surface area contributed by atoms with Crippen molar-refractivity contribution in [2.24, 2.45) is 0 Å². The van der Waals surface area contributed by atoms with Crippen molar-refractivity contribution >= 4 is 6.09 Å². The van der Waals surface area contributed by atoms with Crippen LogP contribution in [-0.2, 0) is 4.74 Å². The Hall–Kier alpha value is -1.25. The first-order chi connectivity index (χ1) is 6.77. The molecule has 2 rings (SSSR count). The van der Waals surface area contributed by atoms with E-state index in [4.69, 9.17) is 4.74 Å². The quantitative estimate of drug-likeness (QED) is 0.640. The lowest BCUT2D eigenvalue weighted by Gasteiger charge is -2.18. The third-order valence-corrected chi connectivity index (χ3v) is 2.73. The summed E-state index contributed by atoms with van der Waals surface area (Å²) in [6.45, 7) is 5.20. The summed E-state index contributed by atoms with van der Waals surface area (Å²) in [7, 11) is 0. The van der Waals surface area contributed by atoms with Crippen molar-refractivity contribution in [3.63, 3.8) is 0 Å². The van der Waals surface area contributed by atoms with Crippen molar-refractivity contribution in [1.82, 2.24) is 4.90 Å². The Bertz CT molecular complexity index is 294. The van der Waals surface area contributed by atoms with Crippen molar-refractivity contribution < 1.29 is 9.53 Å². The van der Waals surface area contributed by atoms with Gasteiger partial charge in [-0.15, -0.1) is 0 Å². The summed E-state index contributed by atoms with van der Waals surface area (Å²) in [4.78, 5) is 12.8. The Labute approximate surface area is 84.0 Å². The van der Waals surface area contributed by atoms with E-state index in [1.54, 1.807) is 4.90 Å². The SMILES string of the molecule is C=C1CCCC/C1=C/N1CCOC1=O. The molecule has 14 heavy (non-hydrogen) atoms. The van der Waals surface area contributed by atoms with Gasteiger partial charge in [-0.25, -0.2) is 4.79 Å². The molecule has 1 aliphatic heterocycles. The van der Waals surface area contributed by atoms with Gasteiger partial charge in [0.05, 0.1) is 6.54 Å². The zero-order valence-corrected chi connectivity index (χ0v) is 8.29. The lowest BCUT2D eigenvalue weighted by atomic mass is 9.91. The van der Waals surface area contributed by atoms with E-state index < -0.39 is 0 Å². The van der Waals surface area contributed by atoms with Gasteiger partial charge in [0, 0.05) is 6.20 Å². The Morgan fingerprint density at radius 3 is 2.79 bits per heavy atom. The average Bonchev–Trinajstić information content (AvgIpc) is 2.56. The highest BCUT2D eigenvalue weighted by Gasteiger charge is 2.21. The van der Waals surface area contributed by atoms with E-state index in [1.165, 1.54) is 24.0 Å². The first kappa shape index (κ1) is 9.31. The molecule has 2 aliphatic rings. The largest absolute Gasteiger partial charge is 0.447 e. The number of allylic oxidation sites excluding steroid dienone is 2. The van der Waals surface area contributed by atoms with E-state index in [2.05, 4.69) is 6.58 Å². The minimum Gasteiger partial charge on any atom is -0.447 e. The maximum atomic E-state index is 11.2. The molecule has 0 atom stereocenters. The normalized spacial score (nSPS) is 25.7. The molecule has 1 saturated carbocycles. The predicted molar refractivity (Wildman–Crippen MR) is 53.7 cm³/mol. The topological polar surface area (TPSA) is 29.5 Å².